The van der Waals surface area contributed by atoms with Crippen LogP contribution in [0.3, 0.4) is 0 Å². The number of carbonyl (C=O) groups is 1. The van der Waals surface area contributed by atoms with Gasteiger partial charge in [-0.2, -0.15) is 0 Å². The molecular weight excluding hydrogens is 250 g/mol. The van der Waals surface area contributed by atoms with Gasteiger partial charge in [0.25, 0.3) is 0 Å². The highest BCUT2D eigenvalue weighted by Crippen LogP contribution is 2.35. The molecule has 0 spiro atoms. The van der Waals surface area contributed by atoms with Gasteiger partial charge in [0.15, 0.2) is 0 Å². The summed E-state index contributed by atoms with van der Waals surface area (Å²) >= 11 is 0. The molecule has 0 aromatic heterocycles. The van der Waals surface area contributed by atoms with E-state index in [-0.39, 0.29) is 11.7 Å². The molecule has 4 aromatic carbocycles. The second-order valence-electron chi connectivity index (χ2n) is 4.76. The van der Waals surface area contributed by atoms with E-state index in [2.05, 4.69) is 6.07 Å². The Hall–Kier alpha value is -2.65. The van der Waals surface area contributed by atoms with Gasteiger partial charge in [-0.3, -0.25) is 0 Å². The van der Waals surface area contributed by atoms with Gasteiger partial charge in [-0.25, -0.2) is 0 Å². The molecule has 0 aliphatic heterocycles. The Balaban J connectivity index is 0.00000121. The molecule has 4 N–H and O–H groups in total. The summed E-state index contributed by atoms with van der Waals surface area (Å²) in [6, 6.07) is 17.5. The fourth-order valence-corrected chi connectivity index (χ4v) is 2.91. The normalized spacial score (nSPS) is 11.0. The van der Waals surface area contributed by atoms with Crippen molar-refractivity contribution < 1.29 is 9.90 Å². The largest absolute Gasteiger partial charge is 0.545 e. The maximum absolute atomic E-state index is 11.2. The van der Waals surface area contributed by atoms with Crippen molar-refractivity contribution >= 4 is 38.3 Å². The van der Waals surface area contributed by atoms with Crippen LogP contribution in [0.25, 0.3) is 32.3 Å². The topological polar surface area (TPSA) is 76.6 Å². The SMILES string of the molecule is O=C([O-])c1ccc2ccc3cccc4ccc1c2c34.[NH4+]. The Morgan fingerprint density at radius 1 is 0.750 bits per heavy atom. The number of rotatable bonds is 1. The molecule has 0 amide bonds. The molecular formula is C17H13NO2. The Bertz CT molecular complexity index is 928. The van der Waals surface area contributed by atoms with E-state index in [1.807, 2.05) is 42.5 Å². The van der Waals surface area contributed by atoms with Crippen molar-refractivity contribution in [3.63, 3.8) is 0 Å². The van der Waals surface area contributed by atoms with Crippen LogP contribution in [0.1, 0.15) is 10.4 Å². The lowest BCUT2D eigenvalue weighted by Gasteiger charge is -2.14. The van der Waals surface area contributed by atoms with E-state index in [0.29, 0.717) is 0 Å². The summed E-state index contributed by atoms with van der Waals surface area (Å²) in [5.74, 6) is -1.13. The second kappa shape index (κ2) is 4.18. The number of carboxylic acids is 1. The first kappa shape index (κ1) is 12.4. The van der Waals surface area contributed by atoms with Gasteiger partial charge in [0.05, 0.1) is 5.97 Å². The average Bonchev–Trinajstić information content (AvgIpc) is 2.44. The van der Waals surface area contributed by atoms with E-state index >= 15 is 0 Å². The monoisotopic (exact) mass is 263 g/mol. The fourth-order valence-electron chi connectivity index (χ4n) is 2.91. The minimum atomic E-state index is -1.13. The van der Waals surface area contributed by atoms with E-state index in [4.69, 9.17) is 0 Å². The molecule has 4 rings (SSSR count). The second-order valence-corrected chi connectivity index (χ2v) is 4.76. The van der Waals surface area contributed by atoms with Crippen LogP contribution in [0.15, 0.2) is 54.6 Å². The predicted octanol–water partition coefficient (Wildman–Crippen LogP) is 3.32. The molecule has 0 unspecified atom stereocenters. The van der Waals surface area contributed by atoms with Gasteiger partial charge in [0, 0.05) is 5.56 Å². The van der Waals surface area contributed by atoms with Gasteiger partial charge in [0.1, 0.15) is 0 Å². The van der Waals surface area contributed by atoms with Crippen LogP contribution in [-0.4, -0.2) is 5.97 Å². The third kappa shape index (κ3) is 1.47. The van der Waals surface area contributed by atoms with Crippen molar-refractivity contribution in [1.29, 1.82) is 0 Å². The van der Waals surface area contributed by atoms with Gasteiger partial charge < -0.3 is 16.1 Å². The van der Waals surface area contributed by atoms with Crippen LogP contribution < -0.4 is 11.3 Å². The highest BCUT2D eigenvalue weighted by Gasteiger charge is 2.10. The van der Waals surface area contributed by atoms with Crippen molar-refractivity contribution in [3.05, 3.63) is 60.2 Å². The highest BCUT2D eigenvalue weighted by atomic mass is 16.4. The number of aromatic carboxylic acids is 1. The Labute approximate surface area is 115 Å². The van der Waals surface area contributed by atoms with Crippen molar-refractivity contribution in [2.75, 3.05) is 0 Å². The zero-order chi connectivity index (χ0) is 13.0. The number of carboxylic acid groups (broad SMARTS) is 1. The lowest BCUT2D eigenvalue weighted by Crippen LogP contribution is -2.22. The van der Waals surface area contributed by atoms with Crippen molar-refractivity contribution in [3.8, 4) is 0 Å². The predicted molar refractivity (Wildman–Crippen MR) is 80.5 cm³/mol. The first-order valence-corrected chi connectivity index (χ1v) is 6.13. The lowest BCUT2D eigenvalue weighted by molar-refractivity contribution is -0.254. The third-order valence-electron chi connectivity index (χ3n) is 3.75. The first-order chi connectivity index (χ1) is 9.25. The van der Waals surface area contributed by atoms with Crippen LogP contribution in [0.4, 0.5) is 0 Å². The van der Waals surface area contributed by atoms with Crippen molar-refractivity contribution in [2.24, 2.45) is 0 Å². The van der Waals surface area contributed by atoms with Crippen LogP contribution >= 0.6 is 0 Å². The fraction of sp³-hybridized carbons (Fsp3) is 0. The Morgan fingerprint density at radius 2 is 1.30 bits per heavy atom. The number of benzene rings is 4. The minimum Gasteiger partial charge on any atom is -0.545 e. The van der Waals surface area contributed by atoms with Crippen LogP contribution in [0.5, 0.6) is 0 Å². The molecule has 3 heteroatoms. The van der Waals surface area contributed by atoms with Crippen molar-refractivity contribution in [1.82, 2.24) is 6.15 Å². The quantitative estimate of drug-likeness (QED) is 0.535. The summed E-state index contributed by atoms with van der Waals surface area (Å²) in [6.07, 6.45) is 0. The van der Waals surface area contributed by atoms with E-state index in [9.17, 15) is 9.90 Å². The molecule has 0 radical (unpaired) electrons. The summed E-state index contributed by atoms with van der Waals surface area (Å²) < 4.78 is 0. The summed E-state index contributed by atoms with van der Waals surface area (Å²) in [7, 11) is 0. The maximum Gasteiger partial charge on any atom is 0.0721 e. The van der Waals surface area contributed by atoms with Gasteiger partial charge in [-0.05, 0) is 32.3 Å². The highest BCUT2D eigenvalue weighted by molar-refractivity contribution is 6.25. The van der Waals surface area contributed by atoms with Crippen LogP contribution in [0.2, 0.25) is 0 Å². The minimum absolute atomic E-state index is 0. The van der Waals surface area contributed by atoms with Gasteiger partial charge >= 0.3 is 0 Å². The maximum atomic E-state index is 11.2. The number of carbonyl (C=O) groups excluding carboxylic acids is 1. The standard InChI is InChI=1S/C17H10O2.H3N/c18-17(19)14-9-7-12-5-4-10-2-1-3-11-6-8-13(14)16(12)15(10)11;/h1-9H,(H,18,19);1H3. The van der Waals surface area contributed by atoms with Gasteiger partial charge in [-0.15, -0.1) is 0 Å². The summed E-state index contributed by atoms with van der Waals surface area (Å²) in [5, 5.41) is 17.4. The molecule has 0 aliphatic rings. The molecule has 0 heterocycles. The van der Waals surface area contributed by atoms with E-state index in [0.717, 1.165) is 32.3 Å². The smallest absolute Gasteiger partial charge is 0.0721 e. The van der Waals surface area contributed by atoms with E-state index in [1.165, 1.54) is 0 Å². The lowest BCUT2D eigenvalue weighted by atomic mass is 9.92. The number of hydrogen-bond donors (Lipinski definition) is 1. The van der Waals surface area contributed by atoms with Crippen LogP contribution in [-0.2, 0) is 0 Å². The van der Waals surface area contributed by atoms with Crippen molar-refractivity contribution in [2.45, 2.75) is 0 Å². The summed E-state index contributed by atoms with van der Waals surface area (Å²) in [4.78, 5) is 11.2. The van der Waals surface area contributed by atoms with Crippen LogP contribution in [0, 0.1) is 0 Å². The first-order valence-electron chi connectivity index (χ1n) is 6.13. The molecule has 20 heavy (non-hydrogen) atoms. The summed E-state index contributed by atoms with van der Waals surface area (Å²) in [5.41, 5.74) is 0.255. The molecule has 3 nitrogen and oxygen atoms in total. The molecule has 0 saturated heterocycles. The molecule has 4 aromatic rings. The van der Waals surface area contributed by atoms with E-state index in [1.54, 1.807) is 6.07 Å². The number of quaternary nitrogens is 1. The van der Waals surface area contributed by atoms with E-state index < -0.39 is 5.97 Å². The zero-order valence-corrected chi connectivity index (χ0v) is 11.0. The zero-order valence-electron chi connectivity index (χ0n) is 11.0. The molecule has 0 aliphatic carbocycles. The van der Waals surface area contributed by atoms with Gasteiger partial charge in [-0.1, -0.05) is 54.6 Å². The van der Waals surface area contributed by atoms with Gasteiger partial charge in [0.2, 0.25) is 0 Å². The Kier molecular flexibility index (Phi) is 2.59. The number of hydrogen-bond acceptors (Lipinski definition) is 2. The molecule has 0 saturated carbocycles. The molecule has 0 atom stereocenters. The Morgan fingerprint density at radius 3 is 1.95 bits per heavy atom. The molecule has 0 fully saturated rings. The molecule has 0 bridgehead atoms. The third-order valence-corrected chi connectivity index (χ3v) is 3.75. The molecule has 98 valence electrons. The summed E-state index contributed by atoms with van der Waals surface area (Å²) in [6.45, 7) is 0. The average molecular weight is 263 g/mol.